The van der Waals surface area contributed by atoms with Gasteiger partial charge in [-0.25, -0.2) is 0 Å². The van der Waals surface area contributed by atoms with Gasteiger partial charge in [-0.05, 0) is 6.92 Å². The fraction of sp³-hybridized carbons (Fsp3) is 0.778. The molecular weight excluding hydrogens is 136 g/mol. The number of nitrogens with zero attached hydrogens (tertiary/aromatic N) is 2. The Morgan fingerprint density at radius 2 is 1.82 bits per heavy atom. The zero-order valence-electron chi connectivity index (χ0n) is 8.39. The molecule has 0 aliphatic carbocycles. The molecule has 0 amide bonds. The fourth-order valence-corrected chi connectivity index (χ4v) is 0.353. The van der Waals surface area contributed by atoms with E-state index in [1.165, 1.54) is 6.42 Å². The summed E-state index contributed by atoms with van der Waals surface area (Å²) in [5, 5.41) is 7.35. The minimum Gasteiger partial charge on any atom is -0.163 e. The first-order valence-corrected chi connectivity index (χ1v) is 4.36. The van der Waals surface area contributed by atoms with Crippen LogP contribution in [0.15, 0.2) is 10.2 Å². The Kier molecular flexibility index (Phi) is 14.2. The zero-order chi connectivity index (χ0) is 9.11. The van der Waals surface area contributed by atoms with Crippen molar-refractivity contribution < 1.29 is 0 Å². The average Bonchev–Trinajstić information content (AvgIpc) is 2.46. The second-order valence-corrected chi connectivity index (χ2v) is 2.04. The molecule has 0 N–H and O–H groups in total. The molecule has 1 rings (SSSR count). The third-order valence-electron chi connectivity index (χ3n) is 0.697. The maximum absolute atomic E-state index is 3.72. The first-order valence-electron chi connectivity index (χ1n) is 4.36. The Balaban J connectivity index is 0. The van der Waals surface area contributed by atoms with Gasteiger partial charge in [-0.1, -0.05) is 34.1 Å². The standard InChI is InChI=1S/C4H6N2.C3H8.C2H6/c1-4-2-3-5-6-4;1-3-2;1-2/h3H,2H2,1H3;3H2,1-2H3;1-2H3. The normalized spacial score (nSPS) is 12.3. The van der Waals surface area contributed by atoms with Crippen LogP contribution in [0.3, 0.4) is 0 Å². The predicted octanol–water partition coefficient (Wildman–Crippen LogP) is 3.28. The van der Waals surface area contributed by atoms with Crippen LogP contribution in [-0.2, 0) is 0 Å². The molecule has 1 heterocycles. The van der Waals surface area contributed by atoms with Gasteiger partial charge in [0, 0.05) is 18.3 Å². The average molecular weight is 156 g/mol. The summed E-state index contributed by atoms with van der Waals surface area (Å²) in [5.74, 6) is 0. The SMILES string of the molecule is CC.CC1=NN=CC1.CCC. The van der Waals surface area contributed by atoms with Crippen molar-refractivity contribution in [3.63, 3.8) is 0 Å². The van der Waals surface area contributed by atoms with E-state index in [0.717, 1.165) is 12.1 Å². The van der Waals surface area contributed by atoms with Gasteiger partial charge in [0.05, 0.1) is 0 Å². The second-order valence-electron chi connectivity index (χ2n) is 2.04. The molecule has 0 aromatic carbocycles. The summed E-state index contributed by atoms with van der Waals surface area (Å²) in [5.41, 5.74) is 1.11. The van der Waals surface area contributed by atoms with Crippen LogP contribution in [0.2, 0.25) is 0 Å². The lowest BCUT2D eigenvalue weighted by Gasteiger charge is -1.73. The van der Waals surface area contributed by atoms with Crippen molar-refractivity contribution in [1.82, 2.24) is 0 Å². The van der Waals surface area contributed by atoms with Crippen molar-refractivity contribution >= 4 is 11.9 Å². The summed E-state index contributed by atoms with van der Waals surface area (Å²) in [7, 11) is 0. The summed E-state index contributed by atoms with van der Waals surface area (Å²) >= 11 is 0. The maximum atomic E-state index is 3.72. The van der Waals surface area contributed by atoms with E-state index in [4.69, 9.17) is 0 Å². The van der Waals surface area contributed by atoms with E-state index in [2.05, 4.69) is 24.1 Å². The summed E-state index contributed by atoms with van der Waals surface area (Å²) in [6.07, 6.45) is 4.00. The maximum Gasteiger partial charge on any atom is 0.0428 e. The van der Waals surface area contributed by atoms with Crippen molar-refractivity contribution in [2.24, 2.45) is 10.2 Å². The van der Waals surface area contributed by atoms with Crippen LogP contribution in [-0.4, -0.2) is 11.9 Å². The molecule has 0 saturated heterocycles. The molecule has 1 aliphatic heterocycles. The van der Waals surface area contributed by atoms with Gasteiger partial charge in [0.1, 0.15) is 0 Å². The molecule has 0 aromatic heterocycles. The van der Waals surface area contributed by atoms with Gasteiger partial charge in [0.2, 0.25) is 0 Å². The second kappa shape index (κ2) is 12.1. The summed E-state index contributed by atoms with van der Waals surface area (Å²) in [6, 6.07) is 0. The zero-order valence-corrected chi connectivity index (χ0v) is 8.39. The van der Waals surface area contributed by atoms with Crippen LogP contribution >= 0.6 is 0 Å². The van der Waals surface area contributed by atoms with Gasteiger partial charge in [-0.2, -0.15) is 10.2 Å². The Morgan fingerprint density at radius 1 is 1.36 bits per heavy atom. The van der Waals surface area contributed by atoms with E-state index in [0.29, 0.717) is 0 Å². The lowest BCUT2D eigenvalue weighted by atomic mass is 10.3. The molecule has 0 bridgehead atoms. The lowest BCUT2D eigenvalue weighted by molar-refractivity contribution is 1.09. The van der Waals surface area contributed by atoms with Crippen LogP contribution in [0.25, 0.3) is 0 Å². The minimum absolute atomic E-state index is 0.944. The van der Waals surface area contributed by atoms with Crippen LogP contribution in [0.4, 0.5) is 0 Å². The molecule has 0 radical (unpaired) electrons. The molecule has 11 heavy (non-hydrogen) atoms. The van der Waals surface area contributed by atoms with Crippen molar-refractivity contribution in [2.45, 2.75) is 47.5 Å². The molecule has 0 aromatic rings. The van der Waals surface area contributed by atoms with E-state index in [1.807, 2.05) is 20.8 Å². The van der Waals surface area contributed by atoms with Crippen LogP contribution in [0, 0.1) is 0 Å². The topological polar surface area (TPSA) is 24.7 Å². The van der Waals surface area contributed by atoms with Gasteiger partial charge in [-0.15, -0.1) is 0 Å². The number of hydrogen-bond acceptors (Lipinski definition) is 2. The van der Waals surface area contributed by atoms with Crippen molar-refractivity contribution in [2.75, 3.05) is 0 Å². The predicted molar refractivity (Wildman–Crippen MR) is 53.5 cm³/mol. The Hall–Kier alpha value is -0.660. The highest BCUT2D eigenvalue weighted by Gasteiger charge is 1.90. The molecular formula is C9H20N2. The van der Waals surface area contributed by atoms with Crippen LogP contribution in [0.1, 0.15) is 47.5 Å². The lowest BCUT2D eigenvalue weighted by Crippen LogP contribution is -1.81. The van der Waals surface area contributed by atoms with Crippen LogP contribution in [0.5, 0.6) is 0 Å². The number of hydrogen-bond donors (Lipinski definition) is 0. The van der Waals surface area contributed by atoms with Gasteiger partial charge in [0.25, 0.3) is 0 Å². The molecule has 0 fully saturated rings. The molecule has 0 spiro atoms. The first-order chi connectivity index (χ1) is 5.31. The molecule has 66 valence electrons. The molecule has 0 saturated carbocycles. The summed E-state index contributed by atoms with van der Waals surface area (Å²) in [4.78, 5) is 0. The van der Waals surface area contributed by atoms with Crippen molar-refractivity contribution in [3.8, 4) is 0 Å². The smallest absolute Gasteiger partial charge is 0.0428 e. The van der Waals surface area contributed by atoms with E-state index in [9.17, 15) is 0 Å². The highest BCUT2D eigenvalue weighted by atomic mass is 15.2. The third-order valence-corrected chi connectivity index (χ3v) is 0.697. The quantitative estimate of drug-likeness (QED) is 0.514. The van der Waals surface area contributed by atoms with E-state index in [1.54, 1.807) is 6.21 Å². The van der Waals surface area contributed by atoms with Crippen LogP contribution < -0.4 is 0 Å². The largest absolute Gasteiger partial charge is 0.163 e. The van der Waals surface area contributed by atoms with Gasteiger partial charge in [-0.3, -0.25) is 0 Å². The molecule has 1 aliphatic rings. The van der Waals surface area contributed by atoms with Gasteiger partial charge >= 0.3 is 0 Å². The molecule has 2 nitrogen and oxygen atoms in total. The Labute approximate surface area is 70.4 Å². The van der Waals surface area contributed by atoms with Gasteiger partial charge in [0.15, 0.2) is 0 Å². The van der Waals surface area contributed by atoms with E-state index >= 15 is 0 Å². The Bertz CT molecular complexity index is 115. The van der Waals surface area contributed by atoms with Crippen molar-refractivity contribution in [3.05, 3.63) is 0 Å². The summed E-state index contributed by atoms with van der Waals surface area (Å²) in [6.45, 7) is 10.2. The minimum atomic E-state index is 0.944. The highest BCUT2D eigenvalue weighted by molar-refractivity contribution is 5.96. The monoisotopic (exact) mass is 156 g/mol. The number of rotatable bonds is 0. The molecule has 0 unspecified atom stereocenters. The summed E-state index contributed by atoms with van der Waals surface area (Å²) < 4.78 is 0. The molecule has 2 heteroatoms. The highest BCUT2D eigenvalue weighted by Crippen LogP contribution is 1.90. The fourth-order valence-electron chi connectivity index (χ4n) is 0.353. The van der Waals surface area contributed by atoms with Crippen molar-refractivity contribution in [1.29, 1.82) is 0 Å². The molecule has 0 atom stereocenters. The van der Waals surface area contributed by atoms with E-state index in [-0.39, 0.29) is 0 Å². The van der Waals surface area contributed by atoms with E-state index < -0.39 is 0 Å². The first kappa shape index (κ1) is 13.0. The Morgan fingerprint density at radius 3 is 1.91 bits per heavy atom. The van der Waals surface area contributed by atoms with Gasteiger partial charge < -0.3 is 0 Å². The third kappa shape index (κ3) is 12.5.